The second-order valence-electron chi connectivity index (χ2n) is 5.22. The van der Waals surface area contributed by atoms with Crippen LogP contribution in [-0.2, 0) is 11.3 Å². The third kappa shape index (κ3) is 2.34. The number of ether oxygens (including phenoxy) is 1. The predicted octanol–water partition coefficient (Wildman–Crippen LogP) is 1.37. The summed E-state index contributed by atoms with van der Waals surface area (Å²) in [6.45, 7) is 3.82. The van der Waals surface area contributed by atoms with E-state index < -0.39 is 0 Å². The molecular weight excluding hydrogens is 226 g/mol. The molecule has 1 aromatic rings. The molecule has 4 heteroatoms. The number of likely N-dealkylation sites (tertiary alicyclic amines) is 1. The van der Waals surface area contributed by atoms with Gasteiger partial charge in [0.15, 0.2) is 0 Å². The van der Waals surface area contributed by atoms with Crippen molar-refractivity contribution in [2.75, 3.05) is 19.7 Å². The van der Waals surface area contributed by atoms with E-state index in [1.165, 1.54) is 5.56 Å². The number of rotatable bonds is 2. The van der Waals surface area contributed by atoms with Crippen molar-refractivity contribution in [3.8, 4) is 0 Å². The summed E-state index contributed by atoms with van der Waals surface area (Å²) in [6.07, 6.45) is 2.08. The van der Waals surface area contributed by atoms with Crippen LogP contribution in [0.15, 0.2) is 35.3 Å². The zero-order chi connectivity index (χ0) is 12.4. The predicted molar refractivity (Wildman–Crippen MR) is 71.3 cm³/mol. The van der Waals surface area contributed by atoms with Crippen molar-refractivity contribution in [2.45, 2.75) is 24.9 Å². The number of nitrogens with two attached hydrogens (primary N) is 1. The fraction of sp³-hybridized carbons (Fsp3) is 0.500. The van der Waals surface area contributed by atoms with E-state index in [4.69, 9.17) is 10.5 Å². The van der Waals surface area contributed by atoms with Crippen LogP contribution in [0.2, 0.25) is 0 Å². The highest BCUT2D eigenvalue weighted by Crippen LogP contribution is 2.30. The Balaban J connectivity index is 1.58. The molecule has 2 aliphatic rings. The molecule has 18 heavy (non-hydrogen) atoms. The molecule has 0 saturated carbocycles. The normalized spacial score (nSPS) is 22.8. The van der Waals surface area contributed by atoms with E-state index in [1.54, 1.807) is 0 Å². The van der Waals surface area contributed by atoms with Gasteiger partial charge in [0, 0.05) is 19.6 Å². The summed E-state index contributed by atoms with van der Waals surface area (Å²) in [6, 6.07) is 11.0. The van der Waals surface area contributed by atoms with Crippen molar-refractivity contribution in [3.63, 3.8) is 0 Å². The van der Waals surface area contributed by atoms with Crippen LogP contribution in [-0.4, -0.2) is 36.2 Å². The number of hydrogen-bond donors (Lipinski definition) is 1. The smallest absolute Gasteiger partial charge is 0.282 e. The molecule has 0 aromatic heterocycles. The van der Waals surface area contributed by atoms with Crippen LogP contribution in [0.5, 0.6) is 0 Å². The fourth-order valence-corrected chi connectivity index (χ4v) is 2.73. The van der Waals surface area contributed by atoms with Gasteiger partial charge >= 0.3 is 0 Å². The number of hydrogen-bond acceptors (Lipinski definition) is 4. The highest BCUT2D eigenvalue weighted by molar-refractivity contribution is 5.73. The van der Waals surface area contributed by atoms with Gasteiger partial charge in [-0.25, -0.2) is 4.99 Å². The van der Waals surface area contributed by atoms with Gasteiger partial charge in [0.05, 0.1) is 0 Å². The summed E-state index contributed by atoms with van der Waals surface area (Å²) in [7, 11) is 0. The Labute approximate surface area is 107 Å². The Hall–Kier alpha value is -1.55. The molecule has 96 valence electrons. The second kappa shape index (κ2) is 4.61. The standard InChI is InChI=1S/C14H19N3O/c15-13-16-14(11-18-13)6-8-17(9-7-14)10-12-4-2-1-3-5-12/h1-5H,6-11H2,(H2,15,16). The highest BCUT2D eigenvalue weighted by Gasteiger charge is 2.39. The van der Waals surface area contributed by atoms with E-state index in [9.17, 15) is 0 Å². The molecule has 1 spiro atoms. The zero-order valence-electron chi connectivity index (χ0n) is 10.5. The molecule has 1 saturated heterocycles. The van der Waals surface area contributed by atoms with E-state index >= 15 is 0 Å². The molecule has 1 aromatic carbocycles. The molecule has 0 radical (unpaired) electrons. The van der Waals surface area contributed by atoms with Gasteiger partial charge in [-0.2, -0.15) is 0 Å². The Morgan fingerprint density at radius 1 is 1.22 bits per heavy atom. The van der Waals surface area contributed by atoms with E-state index in [2.05, 4.69) is 40.2 Å². The number of nitrogens with zero attached hydrogens (tertiary/aromatic N) is 2. The molecule has 2 aliphatic heterocycles. The maximum absolute atomic E-state index is 5.61. The second-order valence-corrected chi connectivity index (χ2v) is 5.22. The van der Waals surface area contributed by atoms with Gasteiger partial charge in [-0.15, -0.1) is 0 Å². The molecule has 0 unspecified atom stereocenters. The first-order valence-corrected chi connectivity index (χ1v) is 6.50. The molecule has 2 N–H and O–H groups in total. The Kier molecular flexibility index (Phi) is 2.96. The van der Waals surface area contributed by atoms with Crippen LogP contribution in [0.25, 0.3) is 0 Å². The Morgan fingerprint density at radius 3 is 2.56 bits per heavy atom. The minimum atomic E-state index is -0.0305. The molecule has 4 nitrogen and oxygen atoms in total. The van der Waals surface area contributed by atoms with Crippen LogP contribution in [0, 0.1) is 0 Å². The number of benzene rings is 1. The summed E-state index contributed by atoms with van der Waals surface area (Å²) in [4.78, 5) is 6.94. The van der Waals surface area contributed by atoms with E-state index in [1.807, 2.05) is 0 Å². The lowest BCUT2D eigenvalue weighted by atomic mass is 9.89. The molecule has 3 rings (SSSR count). The maximum Gasteiger partial charge on any atom is 0.282 e. The van der Waals surface area contributed by atoms with E-state index in [-0.39, 0.29) is 5.54 Å². The number of amidine groups is 1. The van der Waals surface area contributed by atoms with Gasteiger partial charge in [0.2, 0.25) is 0 Å². The molecule has 0 aliphatic carbocycles. The van der Waals surface area contributed by atoms with Crippen molar-refractivity contribution >= 4 is 6.02 Å². The lowest BCUT2D eigenvalue weighted by Crippen LogP contribution is -2.43. The minimum Gasteiger partial charge on any atom is -0.463 e. The third-order valence-corrected chi connectivity index (χ3v) is 3.87. The zero-order valence-corrected chi connectivity index (χ0v) is 10.5. The summed E-state index contributed by atoms with van der Waals surface area (Å²) in [5.74, 6) is 0. The summed E-state index contributed by atoms with van der Waals surface area (Å²) in [5, 5.41) is 0. The van der Waals surface area contributed by atoms with Gasteiger partial charge in [-0.1, -0.05) is 30.3 Å². The highest BCUT2D eigenvalue weighted by atomic mass is 16.5. The quantitative estimate of drug-likeness (QED) is 0.856. The molecular formula is C14H19N3O. The van der Waals surface area contributed by atoms with Crippen LogP contribution in [0.4, 0.5) is 0 Å². The lowest BCUT2D eigenvalue weighted by molar-refractivity contribution is 0.130. The third-order valence-electron chi connectivity index (χ3n) is 3.87. The Bertz CT molecular complexity index is 436. The van der Waals surface area contributed by atoms with Crippen molar-refractivity contribution in [1.82, 2.24) is 4.90 Å². The molecule has 1 fully saturated rings. The summed E-state index contributed by atoms with van der Waals surface area (Å²) in [5.41, 5.74) is 6.96. The van der Waals surface area contributed by atoms with Gasteiger partial charge in [-0.05, 0) is 18.4 Å². The van der Waals surface area contributed by atoms with Crippen LogP contribution < -0.4 is 5.73 Å². The van der Waals surface area contributed by atoms with Gasteiger partial charge in [0.25, 0.3) is 6.02 Å². The minimum absolute atomic E-state index is 0.0305. The number of aliphatic imine (C=N–C) groups is 1. The van der Waals surface area contributed by atoms with Gasteiger partial charge in [-0.3, -0.25) is 4.90 Å². The van der Waals surface area contributed by atoms with Crippen LogP contribution in [0.3, 0.4) is 0 Å². The average Bonchev–Trinajstić information content (AvgIpc) is 2.75. The summed E-state index contributed by atoms with van der Waals surface area (Å²) >= 11 is 0. The van der Waals surface area contributed by atoms with Crippen LogP contribution >= 0.6 is 0 Å². The molecule has 0 bridgehead atoms. The van der Waals surface area contributed by atoms with Crippen molar-refractivity contribution in [2.24, 2.45) is 10.7 Å². The first-order valence-electron chi connectivity index (χ1n) is 6.50. The lowest BCUT2D eigenvalue weighted by Gasteiger charge is -2.35. The first kappa shape index (κ1) is 11.5. The summed E-state index contributed by atoms with van der Waals surface area (Å²) < 4.78 is 5.31. The largest absolute Gasteiger partial charge is 0.463 e. The fourth-order valence-electron chi connectivity index (χ4n) is 2.73. The molecule has 0 amide bonds. The average molecular weight is 245 g/mol. The van der Waals surface area contributed by atoms with Crippen molar-refractivity contribution < 1.29 is 4.74 Å². The molecule has 2 heterocycles. The molecule has 0 atom stereocenters. The van der Waals surface area contributed by atoms with Gasteiger partial charge in [0.1, 0.15) is 12.1 Å². The maximum atomic E-state index is 5.61. The Morgan fingerprint density at radius 2 is 1.94 bits per heavy atom. The SMILES string of the molecule is NC1=NC2(CCN(Cc3ccccc3)CC2)CO1. The van der Waals surface area contributed by atoms with Crippen LogP contribution in [0.1, 0.15) is 18.4 Å². The number of piperidine rings is 1. The first-order chi connectivity index (χ1) is 8.76. The monoisotopic (exact) mass is 245 g/mol. The van der Waals surface area contributed by atoms with E-state index in [0.717, 1.165) is 32.5 Å². The van der Waals surface area contributed by atoms with Crippen molar-refractivity contribution in [1.29, 1.82) is 0 Å². The van der Waals surface area contributed by atoms with E-state index in [0.29, 0.717) is 12.6 Å². The topological polar surface area (TPSA) is 50.8 Å². The van der Waals surface area contributed by atoms with Gasteiger partial charge < -0.3 is 10.5 Å². The van der Waals surface area contributed by atoms with Crippen molar-refractivity contribution in [3.05, 3.63) is 35.9 Å².